The SMILES string of the molecule is CCS(=O)(=O)c1cc(C(F)(F)F)cnc1-c1nc2cc(C(F)(F)F)cnc2n1C.CCS(=O)(=O)c1cccnc1-c1nc2cc(C(F)(F)F)cnc2n1C. The first kappa shape index (κ1) is 40.0. The van der Waals surface area contributed by atoms with Crippen molar-refractivity contribution in [3.05, 3.63) is 71.8 Å². The van der Waals surface area contributed by atoms with E-state index in [4.69, 9.17) is 0 Å². The topological polar surface area (TPSA) is 155 Å². The summed E-state index contributed by atoms with van der Waals surface area (Å²) in [5, 5.41) is 0. The summed E-state index contributed by atoms with van der Waals surface area (Å²) in [6.07, 6.45) is -10.9. The van der Waals surface area contributed by atoms with Crippen molar-refractivity contribution in [2.24, 2.45) is 14.1 Å². The van der Waals surface area contributed by atoms with Gasteiger partial charge in [0, 0.05) is 38.9 Å². The molecule has 288 valence electrons. The molecule has 0 fully saturated rings. The Bertz CT molecular complexity index is 2620. The number of halogens is 9. The Balaban J connectivity index is 0.000000210. The molecule has 0 unspecified atom stereocenters. The molecule has 0 radical (unpaired) electrons. The maximum atomic E-state index is 13.0. The minimum Gasteiger partial charge on any atom is -0.310 e. The standard InChI is InChI=1S/C16H12F6N4O2S.C15H13F3N4O2S/c1-3-29(27,28)11-5-9(16(20,21)22)6-23-12(11)14-25-10-4-8(15(17,18)19)7-24-13(10)26(14)2;1-3-25(23,24)11-5-4-6-19-12(11)14-21-10-7-9(15(16,17)18)8-20-13(10)22(14)2/h4-7H,3H2,1-2H3;4-8H,3H2,1-2H3. The number of rotatable bonds is 6. The van der Waals surface area contributed by atoms with Crippen molar-refractivity contribution in [2.45, 2.75) is 42.2 Å². The molecule has 6 aromatic heterocycles. The Kier molecular flexibility index (Phi) is 10.3. The van der Waals surface area contributed by atoms with Gasteiger partial charge in [-0.15, -0.1) is 0 Å². The summed E-state index contributed by atoms with van der Waals surface area (Å²) < 4.78 is 168. The van der Waals surface area contributed by atoms with E-state index >= 15 is 0 Å². The molecule has 0 aliphatic heterocycles. The van der Waals surface area contributed by atoms with E-state index in [1.165, 1.54) is 48.4 Å². The lowest BCUT2D eigenvalue weighted by Crippen LogP contribution is -2.13. The summed E-state index contributed by atoms with van der Waals surface area (Å²) in [4.78, 5) is 22.5. The smallest absolute Gasteiger partial charge is 0.310 e. The van der Waals surface area contributed by atoms with Gasteiger partial charge in [0.25, 0.3) is 0 Å². The van der Waals surface area contributed by atoms with E-state index in [9.17, 15) is 56.3 Å². The molecule has 6 rings (SSSR count). The van der Waals surface area contributed by atoms with Gasteiger partial charge >= 0.3 is 18.5 Å². The number of aryl methyl sites for hydroxylation is 2. The second-order valence-electron chi connectivity index (χ2n) is 11.3. The minimum atomic E-state index is -4.83. The fourth-order valence-electron chi connectivity index (χ4n) is 5.01. The zero-order valence-corrected chi connectivity index (χ0v) is 29.7. The molecule has 23 heteroatoms. The van der Waals surface area contributed by atoms with Crippen LogP contribution in [0.5, 0.6) is 0 Å². The van der Waals surface area contributed by atoms with Crippen LogP contribution in [0.1, 0.15) is 30.5 Å². The number of fused-ring (bicyclic) bond motifs is 2. The van der Waals surface area contributed by atoms with E-state index in [1.807, 2.05) is 0 Å². The molecule has 0 aliphatic rings. The highest BCUT2D eigenvalue weighted by atomic mass is 32.2. The summed E-state index contributed by atoms with van der Waals surface area (Å²) >= 11 is 0. The van der Waals surface area contributed by atoms with Crippen LogP contribution < -0.4 is 0 Å². The highest BCUT2D eigenvalue weighted by Gasteiger charge is 2.36. The second-order valence-corrected chi connectivity index (χ2v) is 15.8. The number of sulfone groups is 2. The fraction of sp³-hybridized carbons (Fsp3) is 0.290. The van der Waals surface area contributed by atoms with Crippen LogP contribution in [0.3, 0.4) is 0 Å². The quantitative estimate of drug-likeness (QED) is 0.166. The summed E-state index contributed by atoms with van der Waals surface area (Å²) in [5.41, 5.74) is -3.61. The van der Waals surface area contributed by atoms with Crippen LogP contribution in [0.25, 0.3) is 45.4 Å². The molecule has 0 saturated carbocycles. The van der Waals surface area contributed by atoms with Crippen LogP contribution in [-0.2, 0) is 52.3 Å². The van der Waals surface area contributed by atoms with Crippen LogP contribution in [0, 0.1) is 0 Å². The van der Waals surface area contributed by atoms with E-state index in [2.05, 4.69) is 29.9 Å². The van der Waals surface area contributed by atoms with E-state index in [0.29, 0.717) is 24.5 Å². The van der Waals surface area contributed by atoms with Gasteiger partial charge in [-0.3, -0.25) is 9.97 Å². The van der Waals surface area contributed by atoms with Crippen molar-refractivity contribution >= 4 is 42.0 Å². The minimum absolute atomic E-state index is 0.0119. The largest absolute Gasteiger partial charge is 0.417 e. The molecule has 12 nitrogen and oxygen atoms in total. The lowest BCUT2D eigenvalue weighted by molar-refractivity contribution is -0.138. The highest BCUT2D eigenvalue weighted by molar-refractivity contribution is 7.91. The van der Waals surface area contributed by atoms with Crippen molar-refractivity contribution in [1.82, 2.24) is 39.0 Å². The molecule has 0 atom stereocenters. The Labute approximate surface area is 299 Å². The van der Waals surface area contributed by atoms with Gasteiger partial charge in [-0.25, -0.2) is 36.8 Å². The van der Waals surface area contributed by atoms with Gasteiger partial charge in [0.15, 0.2) is 42.6 Å². The summed E-state index contributed by atoms with van der Waals surface area (Å²) in [5.74, 6) is -0.739. The highest BCUT2D eigenvalue weighted by Crippen LogP contribution is 2.36. The number of aromatic nitrogens is 8. The molecule has 0 aliphatic carbocycles. The lowest BCUT2D eigenvalue weighted by atomic mass is 10.2. The maximum Gasteiger partial charge on any atom is 0.417 e. The Morgan fingerprint density at radius 3 is 1.39 bits per heavy atom. The molecular formula is C31H25F9N8O4S2. The third kappa shape index (κ3) is 7.72. The molecule has 0 spiro atoms. The first-order chi connectivity index (χ1) is 24.9. The van der Waals surface area contributed by atoms with Crippen LogP contribution in [0.4, 0.5) is 39.5 Å². The lowest BCUT2D eigenvalue weighted by Gasteiger charge is -2.12. The molecule has 0 bridgehead atoms. The third-order valence-corrected chi connectivity index (χ3v) is 11.4. The molecule has 6 aromatic rings. The van der Waals surface area contributed by atoms with Crippen LogP contribution >= 0.6 is 0 Å². The number of alkyl halides is 9. The van der Waals surface area contributed by atoms with Gasteiger partial charge in [0.05, 0.1) is 38.0 Å². The summed E-state index contributed by atoms with van der Waals surface area (Å²) in [7, 11) is -4.86. The van der Waals surface area contributed by atoms with Crippen LogP contribution in [0.2, 0.25) is 0 Å². The number of imidazole rings is 2. The van der Waals surface area contributed by atoms with Gasteiger partial charge in [0.1, 0.15) is 22.4 Å². The average Bonchev–Trinajstić information content (AvgIpc) is 3.62. The van der Waals surface area contributed by atoms with Crippen molar-refractivity contribution in [3.63, 3.8) is 0 Å². The van der Waals surface area contributed by atoms with E-state index in [0.717, 1.165) is 12.3 Å². The predicted octanol–water partition coefficient (Wildman–Crippen LogP) is 6.70. The van der Waals surface area contributed by atoms with Gasteiger partial charge in [-0.05, 0) is 30.3 Å². The van der Waals surface area contributed by atoms with Crippen molar-refractivity contribution in [1.29, 1.82) is 0 Å². The maximum absolute atomic E-state index is 13.0. The molecule has 6 heterocycles. The Hall–Kier alpha value is -5.19. The van der Waals surface area contributed by atoms with Gasteiger partial charge in [-0.2, -0.15) is 39.5 Å². The van der Waals surface area contributed by atoms with Gasteiger partial charge in [-0.1, -0.05) is 13.8 Å². The Morgan fingerprint density at radius 2 is 0.963 bits per heavy atom. The zero-order valence-electron chi connectivity index (χ0n) is 28.0. The molecule has 0 amide bonds. The molecule has 0 saturated heterocycles. The zero-order chi connectivity index (χ0) is 40.2. The number of nitrogens with zero attached hydrogens (tertiary/aromatic N) is 8. The molecular weight excluding hydrogens is 784 g/mol. The van der Waals surface area contributed by atoms with Gasteiger partial charge < -0.3 is 9.13 Å². The van der Waals surface area contributed by atoms with E-state index in [-0.39, 0.29) is 50.3 Å². The molecule has 0 aromatic carbocycles. The molecule has 54 heavy (non-hydrogen) atoms. The van der Waals surface area contributed by atoms with Crippen molar-refractivity contribution < 1.29 is 56.3 Å². The summed E-state index contributed by atoms with van der Waals surface area (Å²) in [6, 6.07) is 4.91. The van der Waals surface area contributed by atoms with Crippen LogP contribution in [0.15, 0.2) is 64.9 Å². The van der Waals surface area contributed by atoms with E-state index < -0.39 is 71.2 Å². The number of pyridine rings is 4. The monoisotopic (exact) mass is 808 g/mol. The molecule has 0 N–H and O–H groups in total. The normalized spacial score (nSPS) is 13.0. The van der Waals surface area contributed by atoms with E-state index in [1.54, 1.807) is 7.05 Å². The van der Waals surface area contributed by atoms with Crippen molar-refractivity contribution in [3.8, 4) is 23.0 Å². The average molecular weight is 809 g/mol. The summed E-state index contributed by atoms with van der Waals surface area (Å²) in [6.45, 7) is 2.74. The van der Waals surface area contributed by atoms with Crippen LogP contribution in [-0.4, -0.2) is 67.4 Å². The predicted molar refractivity (Wildman–Crippen MR) is 174 cm³/mol. The number of hydrogen-bond donors (Lipinski definition) is 0. The third-order valence-electron chi connectivity index (χ3n) is 7.88. The second kappa shape index (κ2) is 13.9. The Morgan fingerprint density at radius 1 is 0.574 bits per heavy atom. The number of hydrogen-bond acceptors (Lipinski definition) is 10. The fourth-order valence-corrected chi connectivity index (χ4v) is 7.10. The van der Waals surface area contributed by atoms with Gasteiger partial charge in [0.2, 0.25) is 0 Å². The first-order valence-electron chi connectivity index (χ1n) is 15.2. The first-order valence-corrected chi connectivity index (χ1v) is 18.5. The van der Waals surface area contributed by atoms with Crippen molar-refractivity contribution in [2.75, 3.05) is 11.5 Å².